The SMILES string of the molecule is [CH2-]CC(C[CH2-])C(C)=O.[Pr]. The third-order valence-corrected chi connectivity index (χ3v) is 1.27. The zero-order chi connectivity index (χ0) is 6.57. The van der Waals surface area contributed by atoms with Crippen molar-refractivity contribution >= 4 is 5.78 Å². The molecule has 2 heteroatoms. The van der Waals surface area contributed by atoms with Gasteiger partial charge in [-0.3, -0.25) is 4.79 Å². The van der Waals surface area contributed by atoms with Crippen LogP contribution in [0, 0.1) is 61.1 Å². The molecule has 0 saturated carbocycles. The molecule has 0 aromatic heterocycles. The van der Waals surface area contributed by atoms with Crippen LogP contribution >= 0.6 is 0 Å². The molecular weight excluding hydrogens is 241 g/mol. The summed E-state index contributed by atoms with van der Waals surface area (Å²) in [6, 6.07) is 0. The minimum atomic E-state index is 0. The van der Waals surface area contributed by atoms with Crippen molar-refractivity contribution in [2.75, 3.05) is 0 Å². The average Bonchev–Trinajstić information content (AvgIpc) is 1.69. The molecule has 0 spiro atoms. The first-order chi connectivity index (χ1) is 3.72. The Morgan fingerprint density at radius 3 is 1.78 bits per heavy atom. The summed E-state index contributed by atoms with van der Waals surface area (Å²) in [6.07, 6.45) is 1.36. The smallest absolute Gasteiger partial charge is 0.127 e. The Hall–Kier alpha value is 1.03. The summed E-state index contributed by atoms with van der Waals surface area (Å²) in [5.41, 5.74) is 0. The molecule has 1 nitrogen and oxygen atoms in total. The van der Waals surface area contributed by atoms with E-state index in [-0.39, 0.29) is 53.0 Å². The van der Waals surface area contributed by atoms with E-state index in [1.54, 1.807) is 6.92 Å². The molecule has 0 aromatic rings. The van der Waals surface area contributed by atoms with E-state index in [9.17, 15) is 4.79 Å². The second-order valence-corrected chi connectivity index (χ2v) is 1.88. The molecule has 0 amide bonds. The molecule has 0 aliphatic carbocycles. The second-order valence-electron chi connectivity index (χ2n) is 1.88. The van der Waals surface area contributed by atoms with E-state index in [1.165, 1.54) is 0 Å². The number of hydrogen-bond acceptors (Lipinski definition) is 1. The van der Waals surface area contributed by atoms with Crippen LogP contribution in [0.4, 0.5) is 0 Å². The molecule has 0 heterocycles. The molecule has 0 saturated heterocycles. The zero-order valence-corrected chi connectivity index (χ0v) is 9.60. The van der Waals surface area contributed by atoms with E-state index in [2.05, 4.69) is 13.8 Å². The first-order valence-electron chi connectivity index (χ1n) is 2.81. The van der Waals surface area contributed by atoms with Crippen molar-refractivity contribution in [2.45, 2.75) is 19.8 Å². The predicted octanol–water partition coefficient (Wildman–Crippen LogP) is 1.64. The number of carbonyl (C=O) groups excluding carboxylic acids is 1. The maximum atomic E-state index is 10.5. The largest absolute Gasteiger partial charge is 0.343 e. The fourth-order valence-electron chi connectivity index (χ4n) is 0.551. The summed E-state index contributed by atoms with van der Waals surface area (Å²) in [6.45, 7) is 8.82. The molecule has 0 N–H and O–H groups in total. The predicted molar refractivity (Wildman–Crippen MR) is 34.1 cm³/mol. The van der Waals surface area contributed by atoms with Crippen LogP contribution in [0.15, 0.2) is 0 Å². The van der Waals surface area contributed by atoms with Crippen molar-refractivity contribution < 1.29 is 46.1 Å². The topological polar surface area (TPSA) is 17.1 Å². The molecule has 51 valence electrons. The van der Waals surface area contributed by atoms with E-state index < -0.39 is 0 Å². The van der Waals surface area contributed by atoms with Gasteiger partial charge < -0.3 is 13.8 Å². The summed E-state index contributed by atoms with van der Waals surface area (Å²) in [5.74, 6) is 0.296. The maximum Gasteiger partial charge on any atom is 0.127 e. The Balaban J connectivity index is 0. The molecular formula is C7H12OPr-2. The van der Waals surface area contributed by atoms with Gasteiger partial charge in [-0.2, -0.15) is 12.8 Å². The van der Waals surface area contributed by atoms with Gasteiger partial charge in [-0.15, -0.1) is 0 Å². The molecule has 9 heavy (non-hydrogen) atoms. The zero-order valence-electron chi connectivity index (χ0n) is 5.89. The maximum absolute atomic E-state index is 10.5. The summed E-state index contributed by atoms with van der Waals surface area (Å²) < 4.78 is 0. The molecule has 0 aromatic carbocycles. The summed E-state index contributed by atoms with van der Waals surface area (Å²) in [4.78, 5) is 10.5. The van der Waals surface area contributed by atoms with E-state index >= 15 is 0 Å². The van der Waals surface area contributed by atoms with Crippen molar-refractivity contribution in [2.24, 2.45) is 5.92 Å². The van der Waals surface area contributed by atoms with Gasteiger partial charge in [-0.05, 0) is 12.8 Å². The van der Waals surface area contributed by atoms with Crippen LogP contribution in [-0.4, -0.2) is 5.78 Å². The molecule has 0 rings (SSSR count). The Bertz CT molecular complexity index is 77.0. The van der Waals surface area contributed by atoms with Gasteiger partial charge in [0.2, 0.25) is 0 Å². The van der Waals surface area contributed by atoms with Crippen LogP contribution in [0.1, 0.15) is 19.8 Å². The van der Waals surface area contributed by atoms with Crippen LogP contribution in [0.2, 0.25) is 0 Å². The van der Waals surface area contributed by atoms with Crippen LogP contribution in [0.3, 0.4) is 0 Å². The van der Waals surface area contributed by atoms with Gasteiger partial charge in [0.25, 0.3) is 0 Å². The van der Waals surface area contributed by atoms with Crippen LogP contribution in [0.25, 0.3) is 0 Å². The molecule has 0 aliphatic rings. The molecule has 0 fully saturated rings. The van der Waals surface area contributed by atoms with Crippen molar-refractivity contribution in [1.82, 2.24) is 0 Å². The number of hydrogen-bond donors (Lipinski definition) is 0. The van der Waals surface area contributed by atoms with E-state index in [1.807, 2.05) is 0 Å². The van der Waals surface area contributed by atoms with Crippen LogP contribution < -0.4 is 0 Å². The van der Waals surface area contributed by atoms with Gasteiger partial charge >= 0.3 is 0 Å². The Morgan fingerprint density at radius 1 is 1.44 bits per heavy atom. The van der Waals surface area contributed by atoms with Gasteiger partial charge in [0, 0.05) is 41.3 Å². The summed E-state index contributed by atoms with van der Waals surface area (Å²) in [7, 11) is 0. The number of rotatable bonds is 3. The minimum absolute atomic E-state index is 0. The fraction of sp³-hybridized carbons (Fsp3) is 0.571. The summed E-state index contributed by atoms with van der Waals surface area (Å²) in [5, 5.41) is 0. The Morgan fingerprint density at radius 2 is 1.78 bits per heavy atom. The molecule has 0 bridgehead atoms. The van der Waals surface area contributed by atoms with E-state index in [4.69, 9.17) is 0 Å². The number of carbonyl (C=O) groups is 1. The van der Waals surface area contributed by atoms with Gasteiger partial charge in [-0.25, -0.2) is 0 Å². The Labute approximate surface area is 90.5 Å². The first-order valence-corrected chi connectivity index (χ1v) is 2.81. The standard InChI is InChI=1S/C7H12O.Pr/c1-4-7(5-2)6(3)8;/h7H,1-2,4-5H2,3H3;/q-2;. The molecule has 0 aliphatic heterocycles. The number of ketones is 1. The average molecular weight is 253 g/mol. The minimum Gasteiger partial charge on any atom is -0.343 e. The quantitative estimate of drug-likeness (QED) is 0.699. The third kappa shape index (κ3) is 5.48. The van der Waals surface area contributed by atoms with Gasteiger partial charge in [0.15, 0.2) is 0 Å². The van der Waals surface area contributed by atoms with Crippen molar-refractivity contribution in [3.05, 3.63) is 13.8 Å². The Kier molecular flexibility index (Phi) is 10.1. The fourth-order valence-corrected chi connectivity index (χ4v) is 0.551. The molecule has 0 unspecified atom stereocenters. The van der Waals surface area contributed by atoms with Crippen molar-refractivity contribution in [3.63, 3.8) is 0 Å². The monoisotopic (exact) mass is 253 g/mol. The molecule has 1 radical (unpaired) electrons. The molecule has 0 atom stereocenters. The third-order valence-electron chi connectivity index (χ3n) is 1.27. The van der Waals surface area contributed by atoms with Gasteiger partial charge in [0.05, 0.1) is 0 Å². The van der Waals surface area contributed by atoms with E-state index in [0.717, 1.165) is 0 Å². The van der Waals surface area contributed by atoms with Gasteiger partial charge in [0.1, 0.15) is 5.78 Å². The van der Waals surface area contributed by atoms with Crippen molar-refractivity contribution in [3.8, 4) is 0 Å². The summed E-state index contributed by atoms with van der Waals surface area (Å²) >= 11 is 0. The first kappa shape index (κ1) is 12.7. The van der Waals surface area contributed by atoms with E-state index in [0.29, 0.717) is 12.8 Å². The normalized spacial score (nSPS) is 8.89. The van der Waals surface area contributed by atoms with Crippen LogP contribution in [-0.2, 0) is 4.79 Å². The van der Waals surface area contributed by atoms with Gasteiger partial charge in [-0.1, -0.05) is 0 Å². The second kappa shape index (κ2) is 7.14. The van der Waals surface area contributed by atoms with Crippen LogP contribution in [0.5, 0.6) is 0 Å². The van der Waals surface area contributed by atoms with Crippen molar-refractivity contribution in [1.29, 1.82) is 0 Å². The number of Topliss-reactive ketones (excluding diaryl/α,β-unsaturated/α-hetero) is 1.